The highest BCUT2D eigenvalue weighted by Crippen LogP contribution is 2.25. The molecule has 1 aromatic heterocycles. The minimum Gasteiger partial charge on any atom is -0.425 e. The van der Waals surface area contributed by atoms with Crippen LogP contribution in [0.5, 0.6) is 5.88 Å². The first-order valence-electron chi connectivity index (χ1n) is 6.65. The van der Waals surface area contributed by atoms with Gasteiger partial charge in [0.25, 0.3) is 5.69 Å². The van der Waals surface area contributed by atoms with Crippen LogP contribution >= 0.6 is 0 Å². The molecule has 1 aromatic carbocycles. The Morgan fingerprint density at radius 3 is 2.80 bits per heavy atom. The molecule has 2 aromatic rings. The van der Waals surface area contributed by atoms with E-state index in [4.69, 9.17) is 9.47 Å². The van der Waals surface area contributed by atoms with Gasteiger partial charge in [-0.25, -0.2) is 0 Å². The van der Waals surface area contributed by atoms with E-state index < -0.39 is 6.29 Å². The summed E-state index contributed by atoms with van der Waals surface area (Å²) in [6, 6.07) is 9.09. The van der Waals surface area contributed by atoms with Gasteiger partial charge >= 0.3 is 5.88 Å². The van der Waals surface area contributed by atoms with Gasteiger partial charge in [0.15, 0.2) is 0 Å². The number of nitrogens with zero attached hydrogens (tertiary/aromatic N) is 2. The van der Waals surface area contributed by atoms with Crippen molar-refractivity contribution in [3.63, 3.8) is 0 Å². The predicted molar refractivity (Wildman–Crippen MR) is 71.8 cm³/mol. The summed E-state index contributed by atoms with van der Waals surface area (Å²) in [5.74, 6) is 0.134. The normalized spacial score (nSPS) is 12.3. The van der Waals surface area contributed by atoms with Crippen LogP contribution in [0.1, 0.15) is 26.7 Å². The van der Waals surface area contributed by atoms with Gasteiger partial charge in [0.05, 0.1) is 11.8 Å². The van der Waals surface area contributed by atoms with Crippen LogP contribution in [-0.2, 0) is 4.74 Å². The van der Waals surface area contributed by atoms with E-state index in [1.807, 2.05) is 18.2 Å². The molecule has 0 aliphatic carbocycles. The first-order valence-corrected chi connectivity index (χ1v) is 6.65. The molecule has 6 heteroatoms. The van der Waals surface area contributed by atoms with Crippen LogP contribution in [0.15, 0.2) is 35.0 Å². The first kappa shape index (κ1) is 14.3. The number of benzene rings is 1. The van der Waals surface area contributed by atoms with Crippen molar-refractivity contribution in [1.29, 1.82) is 0 Å². The molecule has 1 unspecified atom stereocenters. The van der Waals surface area contributed by atoms with Crippen molar-refractivity contribution in [2.45, 2.75) is 33.0 Å². The van der Waals surface area contributed by atoms with Crippen molar-refractivity contribution >= 4 is 0 Å². The van der Waals surface area contributed by atoms with Gasteiger partial charge in [-0.1, -0.05) is 43.7 Å². The Hall–Kier alpha value is -2.08. The Balaban J connectivity index is 2.10. The monoisotopic (exact) mass is 278 g/mol. The van der Waals surface area contributed by atoms with E-state index in [9.17, 15) is 5.21 Å². The second-order valence-electron chi connectivity index (χ2n) is 4.36. The second kappa shape index (κ2) is 6.91. The lowest BCUT2D eigenvalue weighted by atomic mass is 10.2. The number of unbranched alkanes of at least 4 members (excludes halogenated alkanes) is 1. The first-order chi connectivity index (χ1) is 9.72. The lowest BCUT2D eigenvalue weighted by Gasteiger charge is -2.11. The Kier molecular flexibility index (Phi) is 4.95. The molecule has 0 N–H and O–H groups in total. The molecule has 0 fully saturated rings. The third-order valence-electron chi connectivity index (χ3n) is 2.76. The number of ether oxygens (including phenoxy) is 2. The molecule has 1 atom stereocenters. The molecule has 1 heterocycles. The minimum absolute atomic E-state index is 0.134. The van der Waals surface area contributed by atoms with Crippen molar-refractivity contribution < 1.29 is 19.0 Å². The third-order valence-corrected chi connectivity index (χ3v) is 2.76. The summed E-state index contributed by atoms with van der Waals surface area (Å²) in [6.45, 7) is 4.45. The molecule has 20 heavy (non-hydrogen) atoms. The highest BCUT2D eigenvalue weighted by molar-refractivity contribution is 5.60. The van der Waals surface area contributed by atoms with Gasteiger partial charge in [-0.3, -0.25) is 4.63 Å². The van der Waals surface area contributed by atoms with Crippen molar-refractivity contribution in [3.05, 3.63) is 35.5 Å². The Morgan fingerprint density at radius 1 is 1.35 bits per heavy atom. The fourth-order valence-electron chi connectivity index (χ4n) is 1.72. The SMILES string of the molecule is CCCCOC(C)Oc1no[n+]([O-])c1-c1ccccc1. The highest BCUT2D eigenvalue weighted by atomic mass is 16.8. The van der Waals surface area contributed by atoms with Gasteiger partial charge in [-0.05, 0) is 18.2 Å². The van der Waals surface area contributed by atoms with Gasteiger partial charge in [-0.2, -0.15) is 0 Å². The van der Waals surface area contributed by atoms with E-state index in [1.165, 1.54) is 0 Å². The standard InChI is InChI=1S/C14H18N2O4/c1-3-4-10-18-11(2)19-14-13(16(17)20-15-14)12-8-6-5-7-9-12/h5-9,11H,3-4,10H2,1-2H3. The molecule has 0 saturated heterocycles. The van der Waals surface area contributed by atoms with E-state index >= 15 is 0 Å². The molecule has 6 nitrogen and oxygen atoms in total. The maximum atomic E-state index is 11.6. The van der Waals surface area contributed by atoms with Crippen LogP contribution in [-0.4, -0.2) is 18.1 Å². The highest BCUT2D eigenvalue weighted by Gasteiger charge is 2.24. The topological polar surface area (TPSA) is 71.4 Å². The van der Waals surface area contributed by atoms with Crippen LogP contribution in [0.25, 0.3) is 11.3 Å². The number of aromatic nitrogens is 2. The lowest BCUT2D eigenvalue weighted by Crippen LogP contribution is -2.26. The fraction of sp³-hybridized carbons (Fsp3) is 0.429. The van der Waals surface area contributed by atoms with Crippen LogP contribution in [0.2, 0.25) is 0 Å². The molecule has 0 bridgehead atoms. The van der Waals surface area contributed by atoms with Crippen LogP contribution in [0.4, 0.5) is 0 Å². The van der Waals surface area contributed by atoms with Gasteiger partial charge < -0.3 is 14.7 Å². The molecule has 0 aliphatic rings. The largest absolute Gasteiger partial charge is 0.425 e. The Bertz CT molecular complexity index is 527. The second-order valence-corrected chi connectivity index (χ2v) is 4.36. The van der Waals surface area contributed by atoms with E-state index in [0.29, 0.717) is 17.1 Å². The molecule has 108 valence electrons. The quantitative estimate of drug-likeness (QED) is 0.442. The zero-order valence-corrected chi connectivity index (χ0v) is 11.6. The van der Waals surface area contributed by atoms with Crippen molar-refractivity contribution in [1.82, 2.24) is 5.16 Å². The Morgan fingerprint density at radius 2 is 2.10 bits per heavy atom. The minimum atomic E-state index is -0.492. The average molecular weight is 278 g/mol. The fourth-order valence-corrected chi connectivity index (χ4v) is 1.72. The lowest BCUT2D eigenvalue weighted by molar-refractivity contribution is -0.793. The summed E-state index contributed by atoms with van der Waals surface area (Å²) in [6.07, 6.45) is 1.51. The van der Waals surface area contributed by atoms with Gasteiger partial charge in [0, 0.05) is 5.56 Å². The van der Waals surface area contributed by atoms with Crippen molar-refractivity contribution in [3.8, 4) is 17.1 Å². The summed E-state index contributed by atoms with van der Waals surface area (Å²) >= 11 is 0. The molecule has 0 amide bonds. The van der Waals surface area contributed by atoms with E-state index in [0.717, 1.165) is 12.8 Å². The predicted octanol–water partition coefficient (Wildman–Crippen LogP) is 2.52. The molecule has 2 rings (SSSR count). The molecule has 0 spiro atoms. The summed E-state index contributed by atoms with van der Waals surface area (Å²) in [5.41, 5.74) is 0.927. The summed E-state index contributed by atoms with van der Waals surface area (Å²) in [5, 5.41) is 15.3. The van der Waals surface area contributed by atoms with Crippen molar-refractivity contribution in [2.24, 2.45) is 0 Å². The Labute approximate surface area is 117 Å². The van der Waals surface area contributed by atoms with Crippen LogP contribution in [0.3, 0.4) is 0 Å². The number of rotatable bonds is 7. The zero-order valence-electron chi connectivity index (χ0n) is 11.6. The van der Waals surface area contributed by atoms with Crippen molar-refractivity contribution in [2.75, 3.05) is 6.61 Å². The van der Waals surface area contributed by atoms with Gasteiger partial charge in [-0.15, -0.1) is 0 Å². The molecule has 0 saturated carbocycles. The smallest absolute Gasteiger partial charge is 0.405 e. The summed E-state index contributed by atoms with van der Waals surface area (Å²) in [4.78, 5) is 0.337. The summed E-state index contributed by atoms with van der Waals surface area (Å²) in [7, 11) is 0. The van der Waals surface area contributed by atoms with E-state index in [1.54, 1.807) is 19.1 Å². The molecular formula is C14H18N2O4. The number of hydrogen-bond donors (Lipinski definition) is 0. The molecule has 0 radical (unpaired) electrons. The van der Waals surface area contributed by atoms with Gasteiger partial charge in [0.1, 0.15) is 0 Å². The molecular weight excluding hydrogens is 260 g/mol. The zero-order chi connectivity index (χ0) is 14.4. The number of hydrogen-bond acceptors (Lipinski definition) is 5. The molecule has 0 aliphatic heterocycles. The third kappa shape index (κ3) is 3.48. The van der Waals surface area contributed by atoms with Crippen LogP contribution in [0, 0.1) is 5.21 Å². The van der Waals surface area contributed by atoms with Crippen LogP contribution < -0.4 is 9.64 Å². The van der Waals surface area contributed by atoms with E-state index in [2.05, 4.69) is 16.7 Å². The maximum absolute atomic E-state index is 11.6. The average Bonchev–Trinajstić information content (AvgIpc) is 2.81. The summed E-state index contributed by atoms with van der Waals surface area (Å²) < 4.78 is 15.6. The van der Waals surface area contributed by atoms with E-state index in [-0.39, 0.29) is 11.6 Å². The van der Waals surface area contributed by atoms with Gasteiger partial charge in [0.2, 0.25) is 6.29 Å². The maximum Gasteiger partial charge on any atom is 0.405 e.